The van der Waals surface area contributed by atoms with Crippen LogP contribution in [0.3, 0.4) is 0 Å². The Morgan fingerprint density at radius 2 is 2.17 bits per heavy atom. The van der Waals surface area contributed by atoms with Gasteiger partial charge in [0.05, 0.1) is 0 Å². The van der Waals surface area contributed by atoms with Gasteiger partial charge in [-0.2, -0.15) is 0 Å². The van der Waals surface area contributed by atoms with E-state index in [1.54, 1.807) is 0 Å². The molecule has 1 aromatic rings. The van der Waals surface area contributed by atoms with Gasteiger partial charge in [0.25, 0.3) is 0 Å². The van der Waals surface area contributed by atoms with Crippen LogP contribution in [0.1, 0.15) is 24.8 Å². The summed E-state index contributed by atoms with van der Waals surface area (Å²) >= 11 is 3.47. The van der Waals surface area contributed by atoms with Crippen molar-refractivity contribution in [2.24, 2.45) is 5.92 Å². The molecule has 0 aromatic heterocycles. The van der Waals surface area contributed by atoms with Gasteiger partial charge in [0.2, 0.25) is 5.91 Å². The van der Waals surface area contributed by atoms with Crippen molar-refractivity contribution in [2.45, 2.75) is 26.2 Å². The van der Waals surface area contributed by atoms with Crippen molar-refractivity contribution in [3.05, 3.63) is 28.2 Å². The zero-order valence-electron chi connectivity index (χ0n) is 10.6. The predicted octanol–water partition coefficient (Wildman–Crippen LogP) is 3.09. The minimum Gasteiger partial charge on any atom is -0.326 e. The van der Waals surface area contributed by atoms with Gasteiger partial charge in [-0.05, 0) is 56.5 Å². The van der Waals surface area contributed by atoms with E-state index in [0.29, 0.717) is 12.3 Å². The molecular weight excluding hydrogens is 292 g/mol. The van der Waals surface area contributed by atoms with Crippen molar-refractivity contribution in [3.8, 4) is 0 Å². The molecule has 0 atom stereocenters. The number of rotatable bonds is 3. The number of amides is 1. The number of carbonyl (C=O) groups excluding carboxylic acids is 1. The fraction of sp³-hybridized carbons (Fsp3) is 0.500. The summed E-state index contributed by atoms with van der Waals surface area (Å²) in [4.78, 5) is 12.0. The summed E-state index contributed by atoms with van der Waals surface area (Å²) in [7, 11) is 0. The largest absolute Gasteiger partial charge is 0.326 e. The third-order valence-corrected chi connectivity index (χ3v) is 4.33. The number of nitrogens with one attached hydrogen (secondary N) is 2. The molecule has 0 aliphatic carbocycles. The van der Waals surface area contributed by atoms with Gasteiger partial charge in [-0.15, -0.1) is 0 Å². The first-order chi connectivity index (χ1) is 8.66. The van der Waals surface area contributed by atoms with Gasteiger partial charge >= 0.3 is 0 Å². The molecule has 3 nitrogen and oxygen atoms in total. The average molecular weight is 311 g/mol. The summed E-state index contributed by atoms with van der Waals surface area (Å²) in [5.41, 5.74) is 1.99. The van der Waals surface area contributed by atoms with Gasteiger partial charge in [0.15, 0.2) is 0 Å². The molecule has 0 saturated carbocycles. The summed E-state index contributed by atoms with van der Waals surface area (Å²) in [6.07, 6.45) is 2.84. The van der Waals surface area contributed by atoms with Crippen molar-refractivity contribution in [1.82, 2.24) is 5.32 Å². The van der Waals surface area contributed by atoms with Crippen molar-refractivity contribution in [3.63, 3.8) is 0 Å². The van der Waals surface area contributed by atoms with Gasteiger partial charge in [-0.3, -0.25) is 4.79 Å². The lowest BCUT2D eigenvalue weighted by atomic mass is 9.94. The molecule has 1 amide bonds. The van der Waals surface area contributed by atoms with Crippen LogP contribution in [0.25, 0.3) is 0 Å². The Morgan fingerprint density at radius 1 is 1.44 bits per heavy atom. The van der Waals surface area contributed by atoms with Crippen LogP contribution in [-0.4, -0.2) is 19.0 Å². The van der Waals surface area contributed by atoms with Crippen molar-refractivity contribution >= 4 is 27.5 Å². The molecule has 1 heterocycles. The monoisotopic (exact) mass is 310 g/mol. The molecule has 2 N–H and O–H groups in total. The second-order valence-electron chi connectivity index (χ2n) is 4.86. The number of hydrogen-bond acceptors (Lipinski definition) is 2. The SMILES string of the molecule is Cc1c(Br)cccc1NC(=O)CC1CCNCC1. The van der Waals surface area contributed by atoms with E-state index in [4.69, 9.17) is 0 Å². The van der Waals surface area contributed by atoms with Gasteiger partial charge < -0.3 is 10.6 Å². The maximum Gasteiger partial charge on any atom is 0.224 e. The van der Waals surface area contributed by atoms with E-state index in [9.17, 15) is 4.79 Å². The fourth-order valence-electron chi connectivity index (χ4n) is 2.29. The van der Waals surface area contributed by atoms with Gasteiger partial charge in [-0.25, -0.2) is 0 Å². The predicted molar refractivity (Wildman–Crippen MR) is 77.7 cm³/mol. The Labute approximate surface area is 116 Å². The van der Waals surface area contributed by atoms with Crippen molar-refractivity contribution < 1.29 is 4.79 Å². The second kappa shape index (κ2) is 6.34. The number of carbonyl (C=O) groups is 1. The van der Waals surface area contributed by atoms with Gasteiger partial charge in [0.1, 0.15) is 0 Å². The lowest BCUT2D eigenvalue weighted by Crippen LogP contribution is -2.30. The lowest BCUT2D eigenvalue weighted by Gasteiger charge is -2.22. The van der Waals surface area contributed by atoms with E-state index >= 15 is 0 Å². The molecule has 98 valence electrons. The molecule has 0 unspecified atom stereocenters. The molecule has 1 aliphatic rings. The van der Waals surface area contributed by atoms with Gasteiger partial charge in [-0.1, -0.05) is 22.0 Å². The molecule has 4 heteroatoms. The first-order valence-electron chi connectivity index (χ1n) is 6.42. The van der Waals surface area contributed by atoms with Crippen LogP contribution in [0, 0.1) is 12.8 Å². The van der Waals surface area contributed by atoms with Crippen LogP contribution < -0.4 is 10.6 Å². The maximum absolute atomic E-state index is 12.0. The van der Waals surface area contributed by atoms with Crippen LogP contribution in [0.4, 0.5) is 5.69 Å². The van der Waals surface area contributed by atoms with E-state index in [1.807, 2.05) is 25.1 Å². The molecule has 2 rings (SSSR count). The Balaban J connectivity index is 1.92. The van der Waals surface area contributed by atoms with Crippen molar-refractivity contribution in [2.75, 3.05) is 18.4 Å². The first kappa shape index (κ1) is 13.6. The van der Waals surface area contributed by atoms with Crippen molar-refractivity contribution in [1.29, 1.82) is 0 Å². The Hall–Kier alpha value is -0.870. The Morgan fingerprint density at radius 3 is 2.89 bits per heavy atom. The normalized spacial score (nSPS) is 16.6. The summed E-state index contributed by atoms with van der Waals surface area (Å²) in [6, 6.07) is 5.87. The quantitative estimate of drug-likeness (QED) is 0.901. The smallest absolute Gasteiger partial charge is 0.224 e. The highest BCUT2D eigenvalue weighted by Gasteiger charge is 2.17. The minimum absolute atomic E-state index is 0.128. The average Bonchev–Trinajstić information content (AvgIpc) is 2.36. The van der Waals surface area contributed by atoms with Crippen LogP contribution in [0.2, 0.25) is 0 Å². The third-order valence-electron chi connectivity index (χ3n) is 3.47. The maximum atomic E-state index is 12.0. The van der Waals surface area contributed by atoms with E-state index < -0.39 is 0 Å². The number of halogens is 1. The molecule has 0 radical (unpaired) electrons. The summed E-state index contributed by atoms with van der Waals surface area (Å²) in [6.45, 7) is 4.08. The van der Waals surface area contributed by atoms with E-state index in [1.165, 1.54) is 0 Å². The Kier molecular flexibility index (Phi) is 4.78. The molecule has 0 bridgehead atoms. The zero-order chi connectivity index (χ0) is 13.0. The number of anilines is 1. The summed E-state index contributed by atoms with van der Waals surface area (Å²) in [5, 5.41) is 6.33. The standard InChI is InChI=1S/C14H19BrN2O/c1-10-12(15)3-2-4-13(10)17-14(18)9-11-5-7-16-8-6-11/h2-4,11,16H,5-9H2,1H3,(H,17,18). The van der Waals surface area contributed by atoms with E-state index in [2.05, 4.69) is 26.6 Å². The number of piperidine rings is 1. The second-order valence-corrected chi connectivity index (χ2v) is 5.71. The van der Waals surface area contributed by atoms with E-state index in [0.717, 1.165) is 41.7 Å². The minimum atomic E-state index is 0.128. The van der Waals surface area contributed by atoms with Crippen LogP contribution >= 0.6 is 15.9 Å². The van der Waals surface area contributed by atoms with Crippen LogP contribution in [-0.2, 0) is 4.79 Å². The lowest BCUT2D eigenvalue weighted by molar-refractivity contribution is -0.117. The van der Waals surface area contributed by atoms with Gasteiger partial charge in [0, 0.05) is 16.6 Å². The third kappa shape index (κ3) is 3.56. The highest BCUT2D eigenvalue weighted by atomic mass is 79.9. The number of hydrogen-bond donors (Lipinski definition) is 2. The van der Waals surface area contributed by atoms with Crippen LogP contribution in [0.5, 0.6) is 0 Å². The molecule has 1 aliphatic heterocycles. The van der Waals surface area contributed by atoms with E-state index in [-0.39, 0.29) is 5.91 Å². The highest BCUT2D eigenvalue weighted by molar-refractivity contribution is 9.10. The zero-order valence-corrected chi connectivity index (χ0v) is 12.2. The summed E-state index contributed by atoms with van der Waals surface area (Å²) < 4.78 is 1.03. The molecule has 1 aromatic carbocycles. The first-order valence-corrected chi connectivity index (χ1v) is 7.22. The molecule has 1 fully saturated rings. The fourth-order valence-corrected chi connectivity index (χ4v) is 2.66. The molecule has 0 spiro atoms. The molecule has 18 heavy (non-hydrogen) atoms. The highest BCUT2D eigenvalue weighted by Crippen LogP contribution is 2.24. The molecule has 1 saturated heterocycles. The molecular formula is C14H19BrN2O. The summed E-state index contributed by atoms with van der Waals surface area (Å²) in [5.74, 6) is 0.654. The number of benzene rings is 1. The Bertz CT molecular complexity index is 428. The topological polar surface area (TPSA) is 41.1 Å². The van der Waals surface area contributed by atoms with Crippen LogP contribution in [0.15, 0.2) is 22.7 Å².